The zero-order chi connectivity index (χ0) is 9.97. The van der Waals surface area contributed by atoms with Crippen LogP contribution in [0.2, 0.25) is 0 Å². The predicted molar refractivity (Wildman–Crippen MR) is 55.7 cm³/mol. The van der Waals surface area contributed by atoms with Crippen molar-refractivity contribution in [3.05, 3.63) is 6.33 Å². The average molecular weight is 194 g/mol. The maximum Gasteiger partial charge on any atom is 0.168 e. The van der Waals surface area contributed by atoms with E-state index >= 15 is 0 Å². The number of nitrogens with zero attached hydrogens (tertiary/aromatic N) is 3. The zero-order valence-electron chi connectivity index (χ0n) is 7.90. The van der Waals surface area contributed by atoms with Gasteiger partial charge in [-0.1, -0.05) is 0 Å². The number of rotatable bonds is 2. The van der Waals surface area contributed by atoms with Gasteiger partial charge in [-0.05, 0) is 12.8 Å². The van der Waals surface area contributed by atoms with Crippen LogP contribution in [0.1, 0.15) is 12.8 Å². The second kappa shape index (κ2) is 3.67. The minimum Gasteiger partial charge on any atom is -0.393 e. The van der Waals surface area contributed by atoms with Crippen LogP contribution in [0.3, 0.4) is 0 Å². The normalized spacial score (nSPS) is 15.9. The highest BCUT2D eigenvalue weighted by Gasteiger charge is 2.17. The third-order valence-electron chi connectivity index (χ3n) is 2.41. The van der Waals surface area contributed by atoms with Crippen LogP contribution in [-0.4, -0.2) is 23.1 Å². The first-order valence-electron chi connectivity index (χ1n) is 4.65. The average Bonchev–Trinajstić information content (AvgIpc) is 2.71. The van der Waals surface area contributed by atoms with Crippen molar-refractivity contribution in [2.24, 2.45) is 5.84 Å². The number of hydrogen-bond donors (Lipinski definition) is 3. The van der Waals surface area contributed by atoms with Gasteiger partial charge in [0.1, 0.15) is 12.0 Å². The lowest BCUT2D eigenvalue weighted by Crippen LogP contribution is -2.22. The molecule has 1 aromatic heterocycles. The van der Waals surface area contributed by atoms with E-state index in [0.29, 0.717) is 11.5 Å². The molecule has 5 N–H and O–H groups in total. The number of nitrogen functional groups attached to an aromatic ring is 2. The molecule has 1 aliphatic heterocycles. The van der Waals surface area contributed by atoms with E-state index in [0.717, 1.165) is 18.9 Å². The van der Waals surface area contributed by atoms with Crippen LogP contribution in [-0.2, 0) is 0 Å². The quantitative estimate of drug-likeness (QED) is 0.451. The summed E-state index contributed by atoms with van der Waals surface area (Å²) in [6.45, 7) is 2.01. The Morgan fingerprint density at radius 2 is 2.00 bits per heavy atom. The summed E-state index contributed by atoms with van der Waals surface area (Å²) >= 11 is 0. The molecule has 1 fully saturated rings. The van der Waals surface area contributed by atoms with E-state index in [1.165, 1.54) is 19.2 Å². The Morgan fingerprint density at radius 1 is 1.29 bits per heavy atom. The summed E-state index contributed by atoms with van der Waals surface area (Å²) in [5.74, 6) is 6.55. The number of nitrogens with two attached hydrogens (primary N) is 2. The first-order chi connectivity index (χ1) is 6.83. The fraction of sp³-hybridized carbons (Fsp3) is 0.500. The van der Waals surface area contributed by atoms with E-state index < -0.39 is 0 Å². The lowest BCUT2D eigenvalue weighted by atomic mass is 10.4. The first kappa shape index (κ1) is 9.01. The Morgan fingerprint density at radius 3 is 2.64 bits per heavy atom. The Kier molecular flexibility index (Phi) is 2.36. The fourth-order valence-electron chi connectivity index (χ4n) is 1.68. The van der Waals surface area contributed by atoms with Gasteiger partial charge in [-0.3, -0.25) is 0 Å². The molecule has 0 amide bonds. The molecule has 14 heavy (non-hydrogen) atoms. The summed E-state index contributed by atoms with van der Waals surface area (Å²) in [4.78, 5) is 10.2. The summed E-state index contributed by atoms with van der Waals surface area (Å²) in [5.41, 5.74) is 8.85. The van der Waals surface area contributed by atoms with Crippen molar-refractivity contribution in [3.8, 4) is 0 Å². The van der Waals surface area contributed by atoms with Crippen LogP contribution in [0.25, 0.3) is 0 Å². The van der Waals surface area contributed by atoms with Crippen molar-refractivity contribution in [3.63, 3.8) is 0 Å². The number of hydrogen-bond acceptors (Lipinski definition) is 6. The van der Waals surface area contributed by atoms with E-state index in [2.05, 4.69) is 20.3 Å². The Labute approximate surface area is 82.3 Å². The van der Waals surface area contributed by atoms with Crippen molar-refractivity contribution < 1.29 is 0 Å². The molecule has 0 bridgehead atoms. The highest BCUT2D eigenvalue weighted by atomic mass is 15.3. The predicted octanol–water partition coefficient (Wildman–Crippen LogP) is -0.0554. The van der Waals surface area contributed by atoms with E-state index in [-0.39, 0.29) is 0 Å². The van der Waals surface area contributed by atoms with E-state index in [1.807, 2.05) is 0 Å². The molecule has 6 nitrogen and oxygen atoms in total. The molecule has 76 valence electrons. The standard InChI is InChI=1S/C8H14N6/c9-6-7(13-10)11-5-12-8(6)14-3-1-2-4-14/h5H,1-4,9-10H2,(H,11,12,13). The van der Waals surface area contributed by atoms with Gasteiger partial charge in [-0.25, -0.2) is 15.8 Å². The highest BCUT2D eigenvalue weighted by molar-refractivity contribution is 5.74. The smallest absolute Gasteiger partial charge is 0.168 e. The van der Waals surface area contributed by atoms with Gasteiger partial charge in [0.25, 0.3) is 0 Å². The molecule has 0 unspecified atom stereocenters. The molecule has 0 aliphatic carbocycles. The van der Waals surface area contributed by atoms with Gasteiger partial charge in [0, 0.05) is 13.1 Å². The van der Waals surface area contributed by atoms with Crippen molar-refractivity contribution in [1.82, 2.24) is 9.97 Å². The molecule has 0 atom stereocenters. The minimum absolute atomic E-state index is 0.488. The van der Waals surface area contributed by atoms with Gasteiger partial charge >= 0.3 is 0 Å². The molecule has 6 heteroatoms. The molecule has 2 rings (SSSR count). The van der Waals surface area contributed by atoms with Gasteiger partial charge in [-0.15, -0.1) is 0 Å². The molecule has 0 radical (unpaired) electrons. The summed E-state index contributed by atoms with van der Waals surface area (Å²) in [6, 6.07) is 0. The van der Waals surface area contributed by atoms with Crippen molar-refractivity contribution in [2.75, 3.05) is 29.1 Å². The summed E-state index contributed by atoms with van der Waals surface area (Å²) < 4.78 is 0. The maximum atomic E-state index is 5.86. The van der Waals surface area contributed by atoms with Crippen molar-refractivity contribution in [1.29, 1.82) is 0 Å². The molecule has 0 aromatic carbocycles. The van der Waals surface area contributed by atoms with Crippen molar-refractivity contribution in [2.45, 2.75) is 12.8 Å². The van der Waals surface area contributed by atoms with Gasteiger partial charge in [0.05, 0.1) is 0 Å². The monoisotopic (exact) mass is 194 g/mol. The fourth-order valence-corrected chi connectivity index (χ4v) is 1.68. The van der Waals surface area contributed by atoms with Crippen LogP contribution in [0, 0.1) is 0 Å². The molecular weight excluding hydrogens is 180 g/mol. The number of hydrazine groups is 1. The molecule has 2 heterocycles. The molecule has 1 aliphatic rings. The Bertz CT molecular complexity index is 320. The minimum atomic E-state index is 0.488. The molecule has 0 saturated carbocycles. The Hall–Kier alpha value is -1.56. The second-order valence-corrected chi connectivity index (χ2v) is 3.30. The topological polar surface area (TPSA) is 93.1 Å². The zero-order valence-corrected chi connectivity index (χ0v) is 7.90. The maximum absolute atomic E-state index is 5.86. The summed E-state index contributed by atoms with van der Waals surface area (Å²) in [5, 5.41) is 0. The molecule has 0 spiro atoms. The lowest BCUT2D eigenvalue weighted by Gasteiger charge is -2.18. The number of nitrogens with one attached hydrogen (secondary N) is 1. The van der Waals surface area contributed by atoms with E-state index in [4.69, 9.17) is 11.6 Å². The highest BCUT2D eigenvalue weighted by Crippen LogP contribution is 2.27. The molecule has 1 saturated heterocycles. The van der Waals surface area contributed by atoms with Crippen molar-refractivity contribution >= 4 is 17.3 Å². The van der Waals surface area contributed by atoms with E-state index in [1.54, 1.807) is 0 Å². The van der Waals surface area contributed by atoms with Gasteiger partial charge in [-0.2, -0.15) is 0 Å². The van der Waals surface area contributed by atoms with Crippen LogP contribution >= 0.6 is 0 Å². The van der Waals surface area contributed by atoms with Crippen LogP contribution in [0.4, 0.5) is 17.3 Å². The lowest BCUT2D eigenvalue weighted by molar-refractivity contribution is 0.930. The molecular formula is C8H14N6. The van der Waals surface area contributed by atoms with Crippen LogP contribution in [0.5, 0.6) is 0 Å². The van der Waals surface area contributed by atoms with Crippen LogP contribution in [0.15, 0.2) is 6.33 Å². The molecule has 1 aromatic rings. The Balaban J connectivity index is 2.32. The largest absolute Gasteiger partial charge is 0.393 e. The summed E-state index contributed by atoms with van der Waals surface area (Å²) in [7, 11) is 0. The third kappa shape index (κ3) is 1.44. The SMILES string of the molecule is NNc1ncnc(N2CCCC2)c1N. The van der Waals surface area contributed by atoms with Crippen LogP contribution < -0.4 is 21.9 Å². The second-order valence-electron chi connectivity index (χ2n) is 3.30. The number of anilines is 3. The van der Waals surface area contributed by atoms with Gasteiger partial charge in [0.15, 0.2) is 11.6 Å². The van der Waals surface area contributed by atoms with E-state index in [9.17, 15) is 0 Å². The third-order valence-corrected chi connectivity index (χ3v) is 2.41. The number of aromatic nitrogens is 2. The summed E-state index contributed by atoms with van der Waals surface area (Å²) in [6.07, 6.45) is 3.85. The van der Waals surface area contributed by atoms with Gasteiger partial charge < -0.3 is 16.1 Å². The van der Waals surface area contributed by atoms with Gasteiger partial charge in [0.2, 0.25) is 0 Å². The first-order valence-corrected chi connectivity index (χ1v) is 4.65.